The van der Waals surface area contributed by atoms with Crippen LogP contribution in [0.5, 0.6) is 0 Å². The molecule has 96 valence electrons. The van der Waals surface area contributed by atoms with Gasteiger partial charge in [0.05, 0.1) is 6.33 Å². The molecule has 0 amide bonds. The van der Waals surface area contributed by atoms with Crippen LogP contribution in [0.25, 0.3) is 0 Å². The van der Waals surface area contributed by atoms with Gasteiger partial charge >= 0.3 is 0 Å². The predicted octanol–water partition coefficient (Wildman–Crippen LogP) is 1.20. The van der Waals surface area contributed by atoms with Gasteiger partial charge in [-0.25, -0.2) is 13.4 Å². The number of hydrogen-bond acceptors (Lipinski definition) is 3. The smallest absolute Gasteiger partial charge is 0.262 e. The molecule has 7 heteroatoms. The molecule has 0 atom stereocenters. The molecule has 1 aliphatic carbocycles. The second-order valence-corrected chi connectivity index (χ2v) is 6.48. The number of hydrogen-bond donors (Lipinski definition) is 0. The topological polar surface area (TPSA) is 55.2 Å². The summed E-state index contributed by atoms with van der Waals surface area (Å²) in [5.41, 5.74) is 0. The number of rotatable bonds is 5. The van der Waals surface area contributed by atoms with Crippen LogP contribution in [0.3, 0.4) is 0 Å². The standard InChI is InChI=1S/C10H16ClN3O2S/c1-13-7-10(12-8-13)17(15,16)14(6-5-11)9-3-2-4-9/h7-9H,2-6H2,1H3. The number of alkyl halides is 1. The van der Waals surface area contributed by atoms with Crippen molar-refractivity contribution in [3.05, 3.63) is 12.5 Å². The fraction of sp³-hybridized carbons (Fsp3) is 0.700. The molecule has 0 saturated heterocycles. The van der Waals surface area contributed by atoms with Crippen molar-refractivity contribution in [2.24, 2.45) is 7.05 Å². The Morgan fingerprint density at radius 2 is 2.29 bits per heavy atom. The highest BCUT2D eigenvalue weighted by Gasteiger charge is 2.35. The summed E-state index contributed by atoms with van der Waals surface area (Å²) in [6.45, 7) is 0.352. The van der Waals surface area contributed by atoms with Gasteiger partial charge in [0.2, 0.25) is 0 Å². The molecule has 1 saturated carbocycles. The molecule has 0 unspecified atom stereocenters. The lowest BCUT2D eigenvalue weighted by Gasteiger charge is -2.35. The van der Waals surface area contributed by atoms with Gasteiger partial charge in [0.25, 0.3) is 10.0 Å². The number of nitrogens with zero attached hydrogens (tertiary/aromatic N) is 3. The third-order valence-electron chi connectivity index (χ3n) is 3.04. The fourth-order valence-electron chi connectivity index (χ4n) is 1.90. The first kappa shape index (κ1) is 12.9. The van der Waals surface area contributed by atoms with Gasteiger partial charge in [0, 0.05) is 31.7 Å². The summed E-state index contributed by atoms with van der Waals surface area (Å²) in [5.74, 6) is 0.308. The normalized spacial score (nSPS) is 17.4. The van der Waals surface area contributed by atoms with Crippen molar-refractivity contribution < 1.29 is 8.42 Å². The highest BCUT2D eigenvalue weighted by Crippen LogP contribution is 2.29. The summed E-state index contributed by atoms with van der Waals surface area (Å²) >= 11 is 5.69. The van der Waals surface area contributed by atoms with Crippen molar-refractivity contribution in [2.45, 2.75) is 30.3 Å². The fourth-order valence-corrected chi connectivity index (χ4v) is 3.84. The zero-order valence-corrected chi connectivity index (χ0v) is 11.3. The van der Waals surface area contributed by atoms with E-state index >= 15 is 0 Å². The molecule has 1 heterocycles. The van der Waals surface area contributed by atoms with Crippen LogP contribution >= 0.6 is 11.6 Å². The van der Waals surface area contributed by atoms with Gasteiger partial charge in [-0.3, -0.25) is 0 Å². The molecule has 1 aliphatic rings. The van der Waals surface area contributed by atoms with Crippen molar-refractivity contribution in [3.63, 3.8) is 0 Å². The van der Waals surface area contributed by atoms with Gasteiger partial charge in [-0.15, -0.1) is 11.6 Å². The van der Waals surface area contributed by atoms with E-state index in [1.165, 1.54) is 16.8 Å². The van der Waals surface area contributed by atoms with Crippen LogP contribution in [0, 0.1) is 0 Å². The zero-order valence-electron chi connectivity index (χ0n) is 9.71. The molecule has 0 aromatic carbocycles. The van der Waals surface area contributed by atoms with Crippen LogP contribution in [0.1, 0.15) is 19.3 Å². The van der Waals surface area contributed by atoms with Crippen LogP contribution in [0.4, 0.5) is 0 Å². The summed E-state index contributed by atoms with van der Waals surface area (Å²) in [7, 11) is -1.73. The summed E-state index contributed by atoms with van der Waals surface area (Å²) in [6, 6.07) is 0.0979. The Bertz CT molecular complexity index is 481. The van der Waals surface area contributed by atoms with Crippen molar-refractivity contribution in [3.8, 4) is 0 Å². The monoisotopic (exact) mass is 277 g/mol. The molecule has 0 aliphatic heterocycles. The Labute approximate surface area is 106 Å². The first-order valence-corrected chi connectivity index (χ1v) is 7.59. The maximum atomic E-state index is 12.4. The van der Waals surface area contributed by atoms with Gasteiger partial charge in [-0.1, -0.05) is 6.42 Å². The van der Waals surface area contributed by atoms with Crippen LogP contribution in [0.2, 0.25) is 0 Å². The Morgan fingerprint density at radius 3 is 2.71 bits per heavy atom. The van der Waals surface area contributed by atoms with E-state index in [9.17, 15) is 8.42 Å². The Morgan fingerprint density at radius 1 is 1.59 bits per heavy atom. The van der Waals surface area contributed by atoms with Gasteiger partial charge < -0.3 is 4.57 Å². The van der Waals surface area contributed by atoms with Crippen LogP contribution < -0.4 is 0 Å². The molecule has 0 spiro atoms. The van der Waals surface area contributed by atoms with E-state index in [1.807, 2.05) is 0 Å². The molecule has 5 nitrogen and oxygen atoms in total. The van der Waals surface area contributed by atoms with E-state index in [0.29, 0.717) is 12.4 Å². The molecule has 2 rings (SSSR count). The lowest BCUT2D eigenvalue weighted by Crippen LogP contribution is -2.45. The lowest BCUT2D eigenvalue weighted by molar-refractivity contribution is 0.227. The van der Waals surface area contributed by atoms with Crippen LogP contribution in [-0.2, 0) is 17.1 Å². The van der Waals surface area contributed by atoms with Gasteiger partial charge in [-0.05, 0) is 12.8 Å². The second-order valence-electron chi connectivity index (χ2n) is 4.27. The molecule has 1 fully saturated rings. The van der Waals surface area contributed by atoms with E-state index in [4.69, 9.17) is 11.6 Å². The molecule has 17 heavy (non-hydrogen) atoms. The number of imidazole rings is 1. The number of aromatic nitrogens is 2. The van der Waals surface area contributed by atoms with Gasteiger partial charge in [0.15, 0.2) is 5.03 Å². The zero-order chi connectivity index (χ0) is 12.5. The summed E-state index contributed by atoms with van der Waals surface area (Å²) in [4.78, 5) is 3.92. The van der Waals surface area contributed by atoms with Crippen LogP contribution in [-0.4, -0.2) is 40.7 Å². The average molecular weight is 278 g/mol. The van der Waals surface area contributed by atoms with E-state index in [2.05, 4.69) is 4.98 Å². The number of halogens is 1. The minimum absolute atomic E-state index is 0.0979. The minimum Gasteiger partial charge on any atom is -0.339 e. The minimum atomic E-state index is -3.49. The molecule has 0 N–H and O–H groups in total. The maximum Gasteiger partial charge on any atom is 0.262 e. The van der Waals surface area contributed by atoms with Crippen molar-refractivity contribution >= 4 is 21.6 Å². The van der Waals surface area contributed by atoms with Crippen molar-refractivity contribution in [2.75, 3.05) is 12.4 Å². The molecule has 0 bridgehead atoms. The summed E-state index contributed by atoms with van der Waals surface area (Å²) < 4.78 is 27.8. The Kier molecular flexibility index (Phi) is 3.75. The average Bonchev–Trinajstić information content (AvgIpc) is 2.62. The molecule has 1 aromatic heterocycles. The van der Waals surface area contributed by atoms with Crippen molar-refractivity contribution in [1.29, 1.82) is 0 Å². The predicted molar refractivity (Wildman–Crippen MR) is 65.5 cm³/mol. The molecule has 1 aromatic rings. The van der Waals surface area contributed by atoms with E-state index in [1.54, 1.807) is 11.6 Å². The van der Waals surface area contributed by atoms with Crippen LogP contribution in [0.15, 0.2) is 17.6 Å². The maximum absolute atomic E-state index is 12.4. The third-order valence-corrected chi connectivity index (χ3v) is 5.05. The Balaban J connectivity index is 2.27. The molecular formula is C10H16ClN3O2S. The molecular weight excluding hydrogens is 262 g/mol. The van der Waals surface area contributed by atoms with Crippen molar-refractivity contribution in [1.82, 2.24) is 13.9 Å². The summed E-state index contributed by atoms with van der Waals surface area (Å²) in [6.07, 6.45) is 5.94. The van der Waals surface area contributed by atoms with Gasteiger partial charge in [-0.2, -0.15) is 4.31 Å². The first-order chi connectivity index (χ1) is 8.05. The molecule has 0 radical (unpaired) electrons. The Hall–Kier alpha value is -0.590. The largest absolute Gasteiger partial charge is 0.339 e. The highest BCUT2D eigenvalue weighted by molar-refractivity contribution is 7.89. The lowest BCUT2D eigenvalue weighted by atomic mass is 9.93. The summed E-state index contributed by atoms with van der Waals surface area (Å²) in [5, 5.41) is 0.108. The second kappa shape index (κ2) is 4.96. The highest BCUT2D eigenvalue weighted by atomic mass is 35.5. The van der Waals surface area contributed by atoms with E-state index in [0.717, 1.165) is 19.3 Å². The van der Waals surface area contributed by atoms with E-state index in [-0.39, 0.29) is 11.1 Å². The van der Waals surface area contributed by atoms with Gasteiger partial charge in [0.1, 0.15) is 0 Å². The third kappa shape index (κ3) is 2.48. The quantitative estimate of drug-likeness (QED) is 0.760. The number of sulfonamides is 1. The first-order valence-electron chi connectivity index (χ1n) is 5.61. The number of aryl methyl sites for hydroxylation is 1. The SMILES string of the molecule is Cn1cnc(S(=O)(=O)N(CCCl)C2CCC2)c1. The van der Waals surface area contributed by atoms with E-state index < -0.39 is 10.0 Å².